The minimum atomic E-state index is -3.61. The molecule has 3 unspecified atom stereocenters. The highest BCUT2D eigenvalue weighted by atomic mass is 32.3. The van der Waals surface area contributed by atoms with Gasteiger partial charge in [0.25, 0.3) is 0 Å². The summed E-state index contributed by atoms with van der Waals surface area (Å²) in [6.45, 7) is 19.2. The lowest BCUT2D eigenvalue weighted by molar-refractivity contribution is -0.144. The van der Waals surface area contributed by atoms with Gasteiger partial charge in [0.2, 0.25) is 20.0 Å². The summed E-state index contributed by atoms with van der Waals surface area (Å²) in [5.41, 5.74) is 6.11. The molecule has 0 aromatic heterocycles. The van der Waals surface area contributed by atoms with E-state index < -0.39 is 72.3 Å². The van der Waals surface area contributed by atoms with Gasteiger partial charge in [0, 0.05) is 43.0 Å². The maximum absolute atomic E-state index is 13.9. The molecule has 1 N–H and O–H groups in total. The number of ketones is 2. The number of aliphatic imine (C=N–C) groups is 2. The molecular formula is C58H84F2N4O12S3. The van der Waals surface area contributed by atoms with E-state index in [4.69, 9.17) is 13.9 Å². The van der Waals surface area contributed by atoms with Gasteiger partial charge in [-0.15, -0.1) is 10.3 Å². The van der Waals surface area contributed by atoms with Crippen LogP contribution in [0.15, 0.2) is 105 Å². The molecule has 0 aliphatic carbocycles. The van der Waals surface area contributed by atoms with Crippen LogP contribution in [-0.2, 0) is 52.9 Å². The Morgan fingerprint density at radius 2 is 1.29 bits per heavy atom. The third-order valence-electron chi connectivity index (χ3n) is 13.2. The quantitative estimate of drug-likeness (QED) is 0.0425. The molecule has 3 rings (SSSR count). The fourth-order valence-corrected chi connectivity index (χ4v) is 9.79. The fourth-order valence-electron chi connectivity index (χ4n) is 7.60. The average Bonchev–Trinajstić information content (AvgIpc) is 3.51. The zero-order chi connectivity index (χ0) is 60.5. The predicted molar refractivity (Wildman–Crippen MR) is 314 cm³/mol. The Bertz CT molecular complexity index is 2930. The fraction of sp³-hybridized carbons (Fsp3) is 0.517. The second kappa shape index (κ2) is 30.4. The van der Waals surface area contributed by atoms with Crippen molar-refractivity contribution in [1.82, 2.24) is 8.61 Å². The summed E-state index contributed by atoms with van der Waals surface area (Å²) < 4.78 is 94.5. The number of carbonyl (C=O) groups excluding carboxylic acids is 4. The average molecular weight is 1160 g/mol. The lowest BCUT2D eigenvalue weighted by atomic mass is 9.88. The van der Waals surface area contributed by atoms with Gasteiger partial charge in [0.15, 0.2) is 11.6 Å². The molecule has 2 aromatic rings. The van der Waals surface area contributed by atoms with E-state index in [1.54, 1.807) is 50.3 Å². The van der Waals surface area contributed by atoms with Gasteiger partial charge in [-0.3, -0.25) is 28.5 Å². The van der Waals surface area contributed by atoms with E-state index in [9.17, 15) is 49.9 Å². The van der Waals surface area contributed by atoms with Crippen molar-refractivity contribution in [3.63, 3.8) is 0 Å². The van der Waals surface area contributed by atoms with E-state index in [1.807, 2.05) is 47.1 Å². The Kier molecular flexibility index (Phi) is 26.8. The molecule has 0 radical (unpaired) electrons. The third kappa shape index (κ3) is 21.9. The van der Waals surface area contributed by atoms with Gasteiger partial charge in [-0.05, 0) is 133 Å². The Morgan fingerprint density at radius 1 is 0.772 bits per heavy atom. The summed E-state index contributed by atoms with van der Waals surface area (Å²) in [5.74, 6) is -2.49. The van der Waals surface area contributed by atoms with E-state index in [-0.39, 0.29) is 53.9 Å². The molecule has 0 fully saturated rings. The molecule has 440 valence electrons. The van der Waals surface area contributed by atoms with Gasteiger partial charge in [-0.1, -0.05) is 79.7 Å². The van der Waals surface area contributed by atoms with Crippen molar-refractivity contribution in [2.45, 2.75) is 131 Å². The number of rotatable bonds is 25. The first-order chi connectivity index (χ1) is 36.4. The topological polar surface area (TPSA) is 216 Å². The van der Waals surface area contributed by atoms with Gasteiger partial charge in [0.05, 0.1) is 57.5 Å². The summed E-state index contributed by atoms with van der Waals surface area (Å²) in [6, 6.07) is 11.9. The SMILES string of the molecule is CCC1=C(N(C)S(C)(=O)=O)N=C(C(C)C)C(/C=C/C(=O)CC(CC(=O)OC)OS(C)(C)C(C)(C)C)=C(c2ccc(F)cc2)C1.COC(=O)CC(O)CC(=O)/C=C/C(C(=N\C(C)N(C)S(C)(=O)=O)/C(C)C)=C(/C)c1ccc(F)cc1. The van der Waals surface area contributed by atoms with Crippen molar-refractivity contribution >= 4 is 76.4 Å². The molecule has 0 amide bonds. The molecule has 1 heterocycles. The summed E-state index contributed by atoms with van der Waals surface area (Å²) in [6.07, 6.45) is 9.86. The van der Waals surface area contributed by atoms with Crippen molar-refractivity contribution in [3.05, 3.63) is 118 Å². The summed E-state index contributed by atoms with van der Waals surface area (Å²) >= 11 is 0. The molecular weight excluding hydrogens is 1080 g/mol. The van der Waals surface area contributed by atoms with Crippen LogP contribution in [0.1, 0.15) is 119 Å². The number of aliphatic hydroxyl groups excluding tert-OH is 1. The Balaban J connectivity index is 0.000000555. The van der Waals surface area contributed by atoms with Gasteiger partial charge in [0.1, 0.15) is 23.6 Å². The molecule has 3 atom stereocenters. The zero-order valence-corrected chi connectivity index (χ0v) is 51.7. The van der Waals surface area contributed by atoms with Crippen LogP contribution in [0, 0.1) is 23.5 Å². The normalized spacial score (nSPS) is 15.8. The molecule has 0 saturated heterocycles. The maximum atomic E-state index is 13.9. The lowest BCUT2D eigenvalue weighted by Crippen LogP contribution is -2.34. The Labute approximate surface area is 470 Å². The number of halogens is 2. The summed E-state index contributed by atoms with van der Waals surface area (Å²) in [4.78, 5) is 59.0. The van der Waals surface area contributed by atoms with Crippen LogP contribution >= 0.6 is 10.3 Å². The first kappa shape index (κ1) is 69.7. The predicted octanol–water partition coefficient (Wildman–Crippen LogP) is 10.2. The molecule has 0 saturated carbocycles. The highest BCUT2D eigenvalue weighted by Gasteiger charge is 2.34. The van der Waals surface area contributed by atoms with Crippen LogP contribution in [0.2, 0.25) is 0 Å². The number of carbonyl (C=O) groups is 4. The number of esters is 2. The standard InChI is InChI=1S/C33H49FN2O6S2.C25H35FN2O6S/c1-12-23-19-29(24-13-15-25(34)16-14-24)28(31(22(2)3)35-32(23)36(7)44(11,39)40)18-17-26(37)20-27(21-30(38)41-8)42-43(9,10)33(4,5)6;1-16(2)25(27-18(4)28(5)35(7,32)33)23(17(3)19-8-10-20(26)11-9-19)13-12-21(29)14-22(30)15-24(31)34-6/h13-18,22,27H,12,19-21H2,1-11H3;8-13,16,18,22,30H,14-15H2,1-7H3/b18-17+;13-12+,23-17+,27-25-. The van der Waals surface area contributed by atoms with E-state index in [0.717, 1.165) is 33.5 Å². The van der Waals surface area contributed by atoms with Gasteiger partial charge in [-0.25, -0.2) is 30.6 Å². The van der Waals surface area contributed by atoms with Gasteiger partial charge >= 0.3 is 11.9 Å². The van der Waals surface area contributed by atoms with Crippen molar-refractivity contribution in [2.24, 2.45) is 21.8 Å². The van der Waals surface area contributed by atoms with Crippen LogP contribution in [0.4, 0.5) is 8.78 Å². The largest absolute Gasteiger partial charge is 0.469 e. The molecule has 0 spiro atoms. The lowest BCUT2D eigenvalue weighted by Gasteiger charge is -2.45. The molecule has 16 nitrogen and oxygen atoms in total. The number of allylic oxidation sites excluding steroid dienone is 9. The van der Waals surface area contributed by atoms with Crippen molar-refractivity contribution in [1.29, 1.82) is 0 Å². The van der Waals surface area contributed by atoms with Gasteiger partial charge in [-0.2, -0.15) is 4.31 Å². The van der Waals surface area contributed by atoms with Crippen molar-refractivity contribution < 1.29 is 63.6 Å². The van der Waals surface area contributed by atoms with E-state index >= 15 is 0 Å². The Hall–Kier alpha value is -5.45. The van der Waals surface area contributed by atoms with Crippen LogP contribution in [0.25, 0.3) is 11.1 Å². The van der Waals surface area contributed by atoms with Crippen molar-refractivity contribution in [3.8, 4) is 0 Å². The first-order valence-electron chi connectivity index (χ1n) is 25.7. The molecule has 1 aliphatic heterocycles. The first-order valence-corrected chi connectivity index (χ1v) is 31.8. The van der Waals surface area contributed by atoms with Gasteiger partial charge < -0.3 is 18.8 Å². The molecule has 0 bridgehead atoms. The molecule has 1 aliphatic rings. The number of hydrogen-bond donors (Lipinski definition) is 1. The number of sulfonamides is 2. The van der Waals surface area contributed by atoms with E-state index in [0.29, 0.717) is 52.4 Å². The molecule has 79 heavy (non-hydrogen) atoms. The molecule has 2 aromatic carbocycles. The third-order valence-corrected chi connectivity index (χ3v) is 19.4. The van der Waals surface area contributed by atoms with Crippen LogP contribution < -0.4 is 0 Å². The van der Waals surface area contributed by atoms with Crippen LogP contribution in [0.3, 0.4) is 0 Å². The van der Waals surface area contributed by atoms with Crippen molar-refractivity contribution in [2.75, 3.05) is 53.3 Å². The second-order valence-electron chi connectivity index (χ2n) is 21.2. The monoisotopic (exact) mass is 1160 g/mol. The smallest absolute Gasteiger partial charge is 0.308 e. The van der Waals surface area contributed by atoms with E-state index in [2.05, 4.69) is 30.5 Å². The minimum Gasteiger partial charge on any atom is -0.469 e. The highest BCUT2D eigenvalue weighted by molar-refractivity contribution is 8.29. The van der Waals surface area contributed by atoms with Crippen LogP contribution in [-0.4, -0.2) is 142 Å². The number of methoxy groups -OCH3 is 2. The number of nitrogens with zero attached hydrogens (tertiary/aromatic N) is 4. The Morgan fingerprint density at radius 3 is 1.76 bits per heavy atom. The number of aliphatic hydroxyl groups is 1. The highest BCUT2D eigenvalue weighted by Crippen LogP contribution is 2.55. The molecule has 21 heteroatoms. The van der Waals surface area contributed by atoms with Crippen LogP contribution in [0.5, 0.6) is 0 Å². The maximum Gasteiger partial charge on any atom is 0.308 e. The number of benzene rings is 2. The number of hydrogen-bond acceptors (Lipinski definition) is 14. The number of ether oxygens (including phenoxy) is 2. The minimum absolute atomic E-state index is 0.0358. The summed E-state index contributed by atoms with van der Waals surface area (Å²) in [5, 5.41) is 9.96. The van der Waals surface area contributed by atoms with E-state index in [1.165, 1.54) is 69.0 Å². The zero-order valence-electron chi connectivity index (χ0n) is 49.3. The second-order valence-corrected chi connectivity index (χ2v) is 29.1. The summed E-state index contributed by atoms with van der Waals surface area (Å²) in [7, 11) is -3.35.